The molecule has 0 unspecified atom stereocenters. The quantitative estimate of drug-likeness (QED) is 0.365. The topological polar surface area (TPSA) is 58.5 Å². The van der Waals surface area contributed by atoms with E-state index in [1.54, 1.807) is 17.3 Å². The van der Waals surface area contributed by atoms with Crippen LogP contribution in [-0.2, 0) is 4.79 Å². The lowest BCUT2D eigenvalue weighted by atomic mass is 10.2. The highest BCUT2D eigenvalue weighted by Crippen LogP contribution is 2.38. The summed E-state index contributed by atoms with van der Waals surface area (Å²) in [6.45, 7) is 0. The van der Waals surface area contributed by atoms with E-state index in [0.29, 0.717) is 15.2 Å². The first-order valence-corrected chi connectivity index (χ1v) is 11.3. The van der Waals surface area contributed by atoms with Crippen LogP contribution in [0.4, 0.5) is 10.8 Å². The highest BCUT2D eigenvalue weighted by molar-refractivity contribution is 8.19. The molecule has 7 heteroatoms. The second kappa shape index (κ2) is 8.67. The van der Waals surface area contributed by atoms with Crippen LogP contribution >= 0.6 is 23.1 Å². The number of para-hydroxylation sites is 1. The van der Waals surface area contributed by atoms with Crippen molar-refractivity contribution in [2.75, 3.05) is 4.90 Å². The number of aromatic nitrogens is 2. The van der Waals surface area contributed by atoms with Crippen molar-refractivity contribution in [2.24, 2.45) is 4.99 Å². The van der Waals surface area contributed by atoms with Crippen LogP contribution in [0.15, 0.2) is 100 Å². The van der Waals surface area contributed by atoms with Crippen LogP contribution in [0.1, 0.15) is 5.56 Å². The van der Waals surface area contributed by atoms with Gasteiger partial charge in [0.15, 0.2) is 5.17 Å². The van der Waals surface area contributed by atoms with Crippen LogP contribution in [0.5, 0.6) is 0 Å². The van der Waals surface area contributed by atoms with Crippen molar-refractivity contribution >= 4 is 51.1 Å². The monoisotopic (exact) mass is 440 g/mol. The Morgan fingerprint density at radius 1 is 0.903 bits per heavy atom. The minimum atomic E-state index is -0.105. The van der Waals surface area contributed by atoms with E-state index in [9.17, 15) is 4.79 Å². The first-order valence-electron chi connectivity index (χ1n) is 9.57. The number of nitrogens with zero attached hydrogens (tertiary/aromatic N) is 4. The van der Waals surface area contributed by atoms with Gasteiger partial charge >= 0.3 is 0 Å². The maximum atomic E-state index is 13.3. The van der Waals surface area contributed by atoms with E-state index in [4.69, 9.17) is 4.99 Å². The molecule has 0 saturated carbocycles. The van der Waals surface area contributed by atoms with Crippen LogP contribution < -0.4 is 4.90 Å². The Morgan fingerprint density at radius 3 is 2.35 bits per heavy atom. The van der Waals surface area contributed by atoms with Gasteiger partial charge in [0.2, 0.25) is 5.13 Å². The van der Waals surface area contributed by atoms with Crippen LogP contribution in [0.2, 0.25) is 0 Å². The number of rotatable bonds is 4. The number of amidine groups is 1. The molecule has 0 N–H and O–H groups in total. The van der Waals surface area contributed by atoms with Crippen molar-refractivity contribution in [2.45, 2.75) is 0 Å². The van der Waals surface area contributed by atoms with Gasteiger partial charge in [-0.15, -0.1) is 11.3 Å². The van der Waals surface area contributed by atoms with E-state index in [1.807, 2.05) is 84.3 Å². The molecule has 2 aromatic carbocycles. The summed E-state index contributed by atoms with van der Waals surface area (Å²) in [7, 11) is 0. The number of hydrogen-bond donors (Lipinski definition) is 0. The van der Waals surface area contributed by atoms with Gasteiger partial charge in [-0.2, -0.15) is 4.99 Å². The first-order chi connectivity index (χ1) is 15.3. The molecule has 0 bridgehead atoms. The van der Waals surface area contributed by atoms with Crippen molar-refractivity contribution in [1.82, 2.24) is 9.97 Å². The number of amides is 1. The van der Waals surface area contributed by atoms with Crippen molar-refractivity contribution in [1.29, 1.82) is 0 Å². The molecule has 4 aromatic rings. The Labute approximate surface area is 187 Å². The summed E-state index contributed by atoms with van der Waals surface area (Å²) in [5.41, 5.74) is 3.61. The van der Waals surface area contributed by atoms with Crippen molar-refractivity contribution < 1.29 is 4.79 Å². The lowest BCUT2D eigenvalue weighted by Gasteiger charge is -2.14. The molecular formula is C24H16N4OS2. The Kier molecular flexibility index (Phi) is 5.43. The van der Waals surface area contributed by atoms with E-state index >= 15 is 0 Å². The lowest BCUT2D eigenvalue weighted by Crippen LogP contribution is -2.28. The zero-order valence-corrected chi connectivity index (χ0v) is 17.9. The summed E-state index contributed by atoms with van der Waals surface area (Å²) in [5, 5.41) is 3.18. The summed E-state index contributed by atoms with van der Waals surface area (Å²) in [6, 6.07) is 23.3. The molecule has 0 atom stereocenters. The largest absolute Gasteiger partial charge is 0.271 e. The fourth-order valence-electron chi connectivity index (χ4n) is 3.10. The van der Waals surface area contributed by atoms with E-state index in [2.05, 4.69) is 9.97 Å². The predicted molar refractivity (Wildman–Crippen MR) is 128 cm³/mol. The molecule has 1 saturated heterocycles. The zero-order chi connectivity index (χ0) is 21.0. The second-order valence-electron chi connectivity index (χ2n) is 6.64. The normalized spacial score (nSPS) is 16.4. The van der Waals surface area contributed by atoms with Gasteiger partial charge in [-0.25, -0.2) is 4.98 Å². The van der Waals surface area contributed by atoms with Gasteiger partial charge < -0.3 is 0 Å². The van der Waals surface area contributed by atoms with Crippen LogP contribution in [0.25, 0.3) is 17.3 Å². The smallest absolute Gasteiger partial charge is 0.268 e. The number of hydrogen-bond acceptors (Lipinski definition) is 6. The molecule has 31 heavy (non-hydrogen) atoms. The maximum Gasteiger partial charge on any atom is 0.271 e. The van der Waals surface area contributed by atoms with E-state index < -0.39 is 0 Å². The molecule has 0 radical (unpaired) electrons. The SMILES string of the molecule is O=C1/C(=C/c2ccncc2)S/C(=N/c2nc(-c3ccccc3)cs2)N1c1ccccc1. The van der Waals surface area contributed by atoms with Gasteiger partial charge in [-0.1, -0.05) is 48.5 Å². The van der Waals surface area contributed by atoms with E-state index in [1.165, 1.54) is 23.1 Å². The number of benzene rings is 2. The van der Waals surface area contributed by atoms with E-state index in [-0.39, 0.29) is 5.91 Å². The van der Waals surface area contributed by atoms with Crippen molar-refractivity contribution in [3.8, 4) is 11.3 Å². The summed E-state index contributed by atoms with van der Waals surface area (Å²) < 4.78 is 0. The third kappa shape index (κ3) is 4.19. The minimum absolute atomic E-state index is 0.105. The molecule has 5 rings (SSSR count). The van der Waals surface area contributed by atoms with Crippen molar-refractivity contribution in [3.63, 3.8) is 0 Å². The van der Waals surface area contributed by atoms with Gasteiger partial charge in [0, 0.05) is 23.3 Å². The highest BCUT2D eigenvalue weighted by Gasteiger charge is 2.35. The fourth-order valence-corrected chi connectivity index (χ4v) is 4.84. The maximum absolute atomic E-state index is 13.3. The standard InChI is InChI=1S/C24H16N4OS2/c29-22-21(15-17-11-13-25-14-12-17)31-24(28(22)19-9-5-2-6-10-19)27-23-26-20(16-30-23)18-7-3-1-4-8-18/h1-16H/b21-15-,27-24+. The molecule has 1 aliphatic heterocycles. The van der Waals surface area contributed by atoms with Crippen LogP contribution in [0, 0.1) is 0 Å². The number of anilines is 1. The Bertz CT molecular complexity index is 1270. The molecule has 1 aliphatic rings. The first kappa shape index (κ1) is 19.4. The third-order valence-electron chi connectivity index (χ3n) is 4.58. The molecule has 5 nitrogen and oxygen atoms in total. The van der Waals surface area contributed by atoms with Gasteiger partial charge in [0.1, 0.15) is 0 Å². The predicted octanol–water partition coefficient (Wildman–Crippen LogP) is 6.01. The van der Waals surface area contributed by atoms with Crippen LogP contribution in [-0.4, -0.2) is 21.0 Å². The van der Waals surface area contributed by atoms with E-state index in [0.717, 1.165) is 22.5 Å². The number of thioether (sulfide) groups is 1. The minimum Gasteiger partial charge on any atom is -0.268 e. The number of carbonyl (C=O) groups excluding carboxylic acids is 1. The lowest BCUT2D eigenvalue weighted by molar-refractivity contribution is -0.113. The molecule has 1 fully saturated rings. The van der Waals surface area contributed by atoms with Gasteiger partial charge in [-0.3, -0.25) is 14.7 Å². The molecule has 0 aliphatic carbocycles. The molecule has 2 aromatic heterocycles. The zero-order valence-electron chi connectivity index (χ0n) is 16.3. The summed E-state index contributed by atoms with van der Waals surface area (Å²) in [6.07, 6.45) is 5.28. The number of carbonyl (C=O) groups is 1. The van der Waals surface area contributed by atoms with Gasteiger partial charge in [0.05, 0.1) is 16.3 Å². The molecule has 1 amide bonds. The molecule has 150 valence electrons. The summed E-state index contributed by atoms with van der Waals surface area (Å²) in [4.78, 5) is 28.9. The summed E-state index contributed by atoms with van der Waals surface area (Å²) in [5.74, 6) is -0.105. The molecule has 3 heterocycles. The Balaban J connectivity index is 1.53. The number of pyridine rings is 1. The van der Waals surface area contributed by atoms with Gasteiger partial charge in [0.25, 0.3) is 5.91 Å². The number of thiazole rings is 1. The number of aliphatic imine (C=N–C) groups is 1. The third-order valence-corrected chi connectivity index (χ3v) is 6.28. The Hall–Kier alpha value is -3.55. The summed E-state index contributed by atoms with van der Waals surface area (Å²) >= 11 is 2.81. The average molecular weight is 441 g/mol. The fraction of sp³-hybridized carbons (Fsp3) is 0. The van der Waals surface area contributed by atoms with Crippen LogP contribution in [0.3, 0.4) is 0 Å². The Morgan fingerprint density at radius 2 is 1.61 bits per heavy atom. The molecule has 0 spiro atoms. The highest BCUT2D eigenvalue weighted by atomic mass is 32.2. The average Bonchev–Trinajstić information content (AvgIpc) is 3.40. The van der Waals surface area contributed by atoms with Gasteiger partial charge in [-0.05, 0) is 47.7 Å². The second-order valence-corrected chi connectivity index (χ2v) is 8.49. The van der Waals surface area contributed by atoms with Crippen molar-refractivity contribution in [3.05, 3.63) is 101 Å². The molecular weight excluding hydrogens is 424 g/mol.